The molecule has 1 unspecified atom stereocenters. The normalized spacial score (nSPS) is 17.2. The number of benzene rings is 1. The van der Waals surface area contributed by atoms with Gasteiger partial charge >= 0.3 is 0 Å². The van der Waals surface area contributed by atoms with Gasteiger partial charge in [-0.2, -0.15) is 0 Å². The molecule has 2 rings (SSSR count). The number of nitrogens with zero attached hydrogens (tertiary/aromatic N) is 1. The number of methoxy groups -OCH3 is 3. The van der Waals surface area contributed by atoms with E-state index < -0.39 is 0 Å². The fourth-order valence-electron chi connectivity index (χ4n) is 3.00. The van der Waals surface area contributed by atoms with Crippen LogP contribution in [0.5, 0.6) is 17.2 Å². The molecule has 6 nitrogen and oxygen atoms in total. The number of aliphatic hydroxyl groups excluding tert-OH is 1. The molecule has 1 aromatic rings. The Morgan fingerprint density at radius 3 is 2.39 bits per heavy atom. The number of likely N-dealkylation sites (tertiary alicyclic amines) is 1. The summed E-state index contributed by atoms with van der Waals surface area (Å²) in [5, 5.41) is 9.01. The molecule has 1 aliphatic rings. The van der Waals surface area contributed by atoms with E-state index >= 15 is 0 Å². The van der Waals surface area contributed by atoms with E-state index in [1.807, 2.05) is 4.90 Å². The number of rotatable bonds is 7. The molecule has 0 spiro atoms. The zero-order chi connectivity index (χ0) is 16.8. The molecular weight excluding hydrogens is 298 g/mol. The maximum Gasteiger partial charge on any atom is 0.227 e. The SMILES string of the molecule is COc1cc(CC(=O)N2CCC(CCO)C2)cc(OC)c1OC. The predicted molar refractivity (Wildman–Crippen MR) is 86.2 cm³/mol. The highest BCUT2D eigenvalue weighted by atomic mass is 16.5. The van der Waals surface area contributed by atoms with Gasteiger partial charge in [0.25, 0.3) is 0 Å². The van der Waals surface area contributed by atoms with Crippen molar-refractivity contribution in [1.29, 1.82) is 0 Å². The van der Waals surface area contributed by atoms with Gasteiger partial charge in [0, 0.05) is 19.7 Å². The molecule has 0 radical (unpaired) electrons. The molecule has 1 N–H and O–H groups in total. The number of hydrogen-bond donors (Lipinski definition) is 1. The van der Waals surface area contributed by atoms with E-state index in [0.29, 0.717) is 29.6 Å². The summed E-state index contributed by atoms with van der Waals surface area (Å²) in [6, 6.07) is 3.61. The summed E-state index contributed by atoms with van der Waals surface area (Å²) in [4.78, 5) is 14.3. The average Bonchev–Trinajstić information content (AvgIpc) is 3.03. The van der Waals surface area contributed by atoms with Gasteiger partial charge < -0.3 is 24.2 Å². The van der Waals surface area contributed by atoms with Crippen molar-refractivity contribution >= 4 is 5.91 Å². The second-order valence-corrected chi connectivity index (χ2v) is 5.72. The third kappa shape index (κ3) is 4.07. The Kier molecular flexibility index (Phi) is 6.10. The Labute approximate surface area is 136 Å². The quantitative estimate of drug-likeness (QED) is 0.823. The molecule has 1 aromatic carbocycles. The molecule has 1 heterocycles. The minimum absolute atomic E-state index is 0.0831. The van der Waals surface area contributed by atoms with E-state index in [0.717, 1.165) is 31.5 Å². The van der Waals surface area contributed by atoms with Gasteiger partial charge in [-0.05, 0) is 36.5 Å². The number of hydrogen-bond acceptors (Lipinski definition) is 5. The maximum atomic E-state index is 12.5. The number of aliphatic hydroxyl groups is 1. The molecule has 1 aliphatic heterocycles. The van der Waals surface area contributed by atoms with Gasteiger partial charge in [-0.15, -0.1) is 0 Å². The molecule has 23 heavy (non-hydrogen) atoms. The minimum Gasteiger partial charge on any atom is -0.493 e. The Balaban J connectivity index is 2.09. The third-order valence-corrected chi connectivity index (χ3v) is 4.26. The molecule has 0 aliphatic carbocycles. The number of carbonyl (C=O) groups is 1. The first-order valence-corrected chi connectivity index (χ1v) is 7.80. The molecular formula is C17H25NO5. The number of carbonyl (C=O) groups excluding carboxylic acids is 1. The van der Waals surface area contributed by atoms with Crippen LogP contribution in [0.3, 0.4) is 0 Å². The van der Waals surface area contributed by atoms with E-state index in [9.17, 15) is 4.79 Å². The fourth-order valence-corrected chi connectivity index (χ4v) is 3.00. The van der Waals surface area contributed by atoms with Crippen LogP contribution in [-0.2, 0) is 11.2 Å². The Hall–Kier alpha value is -1.95. The molecule has 1 amide bonds. The minimum atomic E-state index is 0.0831. The second-order valence-electron chi connectivity index (χ2n) is 5.72. The number of amides is 1. The van der Waals surface area contributed by atoms with Gasteiger partial charge in [0.15, 0.2) is 11.5 Å². The van der Waals surface area contributed by atoms with Gasteiger partial charge in [-0.3, -0.25) is 4.79 Å². The monoisotopic (exact) mass is 323 g/mol. The zero-order valence-electron chi connectivity index (χ0n) is 14.0. The van der Waals surface area contributed by atoms with Crippen LogP contribution in [0.2, 0.25) is 0 Å². The maximum absolute atomic E-state index is 12.5. The lowest BCUT2D eigenvalue weighted by molar-refractivity contribution is -0.129. The largest absolute Gasteiger partial charge is 0.493 e. The first kappa shape index (κ1) is 17.4. The van der Waals surface area contributed by atoms with Crippen LogP contribution in [-0.4, -0.2) is 56.9 Å². The average molecular weight is 323 g/mol. The first-order chi connectivity index (χ1) is 11.1. The third-order valence-electron chi connectivity index (χ3n) is 4.26. The smallest absolute Gasteiger partial charge is 0.227 e. The summed E-state index contributed by atoms with van der Waals surface area (Å²) in [7, 11) is 4.67. The van der Waals surface area contributed by atoms with Crippen molar-refractivity contribution in [3.8, 4) is 17.2 Å². The highest BCUT2D eigenvalue weighted by Gasteiger charge is 2.26. The lowest BCUT2D eigenvalue weighted by atomic mass is 10.1. The Morgan fingerprint density at radius 1 is 1.22 bits per heavy atom. The fraction of sp³-hybridized carbons (Fsp3) is 0.588. The predicted octanol–water partition coefficient (Wildman–Crippen LogP) is 1.49. The van der Waals surface area contributed by atoms with Crippen LogP contribution in [0.1, 0.15) is 18.4 Å². The molecule has 1 fully saturated rings. The van der Waals surface area contributed by atoms with Crippen molar-refractivity contribution in [3.05, 3.63) is 17.7 Å². The summed E-state index contributed by atoms with van der Waals surface area (Å²) in [6.45, 7) is 1.66. The lowest BCUT2D eigenvalue weighted by Crippen LogP contribution is -2.30. The van der Waals surface area contributed by atoms with Crippen LogP contribution >= 0.6 is 0 Å². The summed E-state index contributed by atoms with van der Waals surface area (Å²) in [5.41, 5.74) is 0.829. The van der Waals surface area contributed by atoms with E-state index in [1.165, 1.54) is 0 Å². The van der Waals surface area contributed by atoms with Crippen LogP contribution in [0, 0.1) is 5.92 Å². The van der Waals surface area contributed by atoms with Gasteiger partial charge in [-0.25, -0.2) is 0 Å². The standard InChI is InChI=1S/C17H25NO5/c1-21-14-8-13(9-15(22-2)17(14)23-3)10-16(20)18-6-4-12(11-18)5-7-19/h8-9,12,19H,4-7,10-11H2,1-3H3. The van der Waals surface area contributed by atoms with Crippen molar-refractivity contribution in [1.82, 2.24) is 4.90 Å². The van der Waals surface area contributed by atoms with Crippen LogP contribution in [0.15, 0.2) is 12.1 Å². The second kappa shape index (κ2) is 8.06. The van der Waals surface area contributed by atoms with Crippen LogP contribution < -0.4 is 14.2 Å². The highest BCUT2D eigenvalue weighted by molar-refractivity contribution is 5.79. The highest BCUT2D eigenvalue weighted by Crippen LogP contribution is 2.38. The van der Waals surface area contributed by atoms with E-state index in [4.69, 9.17) is 19.3 Å². The first-order valence-electron chi connectivity index (χ1n) is 7.80. The summed E-state index contributed by atoms with van der Waals surface area (Å²) in [5.74, 6) is 2.11. The molecule has 128 valence electrons. The van der Waals surface area contributed by atoms with Gasteiger partial charge in [0.05, 0.1) is 27.8 Å². The Morgan fingerprint density at radius 2 is 1.87 bits per heavy atom. The van der Waals surface area contributed by atoms with Crippen molar-refractivity contribution < 1.29 is 24.1 Å². The van der Waals surface area contributed by atoms with Gasteiger partial charge in [0.1, 0.15) is 0 Å². The molecule has 1 saturated heterocycles. The van der Waals surface area contributed by atoms with Gasteiger partial charge in [-0.1, -0.05) is 0 Å². The van der Waals surface area contributed by atoms with Crippen molar-refractivity contribution in [3.63, 3.8) is 0 Å². The van der Waals surface area contributed by atoms with Crippen LogP contribution in [0.4, 0.5) is 0 Å². The summed E-state index contributed by atoms with van der Waals surface area (Å²) in [6.07, 6.45) is 2.01. The van der Waals surface area contributed by atoms with E-state index in [2.05, 4.69) is 0 Å². The van der Waals surface area contributed by atoms with E-state index in [-0.39, 0.29) is 12.5 Å². The molecule has 1 atom stereocenters. The van der Waals surface area contributed by atoms with Crippen molar-refractivity contribution in [2.45, 2.75) is 19.3 Å². The lowest BCUT2D eigenvalue weighted by Gasteiger charge is -2.18. The Bertz CT molecular complexity index is 521. The topological polar surface area (TPSA) is 68.2 Å². The molecule has 0 saturated carbocycles. The van der Waals surface area contributed by atoms with Gasteiger partial charge in [0.2, 0.25) is 11.7 Å². The molecule has 0 aromatic heterocycles. The van der Waals surface area contributed by atoms with E-state index in [1.54, 1.807) is 33.5 Å². The zero-order valence-corrected chi connectivity index (χ0v) is 14.0. The number of ether oxygens (including phenoxy) is 3. The van der Waals surface area contributed by atoms with Crippen LogP contribution in [0.25, 0.3) is 0 Å². The van der Waals surface area contributed by atoms with Crippen molar-refractivity contribution in [2.75, 3.05) is 41.0 Å². The molecule has 6 heteroatoms. The summed E-state index contributed by atoms with van der Waals surface area (Å²) < 4.78 is 15.9. The summed E-state index contributed by atoms with van der Waals surface area (Å²) >= 11 is 0. The molecule has 0 bridgehead atoms. The van der Waals surface area contributed by atoms with Crippen molar-refractivity contribution in [2.24, 2.45) is 5.92 Å².